The number of amides is 1. The molecule has 1 fully saturated rings. The normalized spacial score (nSPS) is 19.3. The van der Waals surface area contributed by atoms with Crippen LogP contribution < -0.4 is 5.32 Å². The number of hydrogen-bond donors (Lipinski definition) is 3. The molecule has 1 saturated heterocycles. The minimum atomic E-state index is -0.872. The van der Waals surface area contributed by atoms with Crippen molar-refractivity contribution >= 4 is 5.91 Å². The Labute approximate surface area is 127 Å². The van der Waals surface area contributed by atoms with Gasteiger partial charge in [-0.2, -0.15) is 5.10 Å². The number of rotatable bonds is 5. The molecule has 2 aromatic rings. The van der Waals surface area contributed by atoms with Crippen molar-refractivity contribution < 1.29 is 19.1 Å². The minimum absolute atomic E-state index is 0.0809. The van der Waals surface area contributed by atoms with Crippen LogP contribution in [-0.2, 0) is 4.74 Å². The van der Waals surface area contributed by atoms with Gasteiger partial charge in [-0.15, -0.1) is 0 Å². The zero-order valence-electron chi connectivity index (χ0n) is 12.3. The van der Waals surface area contributed by atoms with Gasteiger partial charge in [0.25, 0.3) is 5.91 Å². The highest BCUT2D eigenvalue weighted by molar-refractivity contribution is 5.95. The van der Waals surface area contributed by atoms with E-state index in [-0.39, 0.29) is 18.4 Å². The molecule has 0 unspecified atom stereocenters. The molecule has 7 nitrogen and oxygen atoms in total. The zero-order valence-corrected chi connectivity index (χ0v) is 12.3. The predicted molar refractivity (Wildman–Crippen MR) is 77.5 cm³/mol. The fourth-order valence-corrected chi connectivity index (χ4v) is 2.57. The highest BCUT2D eigenvalue weighted by Crippen LogP contribution is 2.26. The van der Waals surface area contributed by atoms with Crippen LogP contribution >= 0.6 is 0 Å². The molecule has 3 N–H and O–H groups in total. The van der Waals surface area contributed by atoms with E-state index >= 15 is 0 Å². The third-order valence-electron chi connectivity index (χ3n) is 3.80. The van der Waals surface area contributed by atoms with Crippen LogP contribution in [-0.4, -0.2) is 41.0 Å². The molecule has 7 heteroatoms. The Balaban J connectivity index is 1.61. The van der Waals surface area contributed by atoms with Crippen LogP contribution in [0.5, 0.6) is 0 Å². The van der Waals surface area contributed by atoms with Crippen LogP contribution in [0, 0.1) is 6.92 Å². The number of hydrogen-bond acceptors (Lipinski definition) is 5. The summed E-state index contributed by atoms with van der Waals surface area (Å²) in [5.41, 5.74) is 1.29. The third-order valence-corrected chi connectivity index (χ3v) is 3.80. The van der Waals surface area contributed by atoms with Gasteiger partial charge in [0.1, 0.15) is 17.6 Å². The zero-order chi connectivity index (χ0) is 15.5. The first-order valence-electron chi connectivity index (χ1n) is 7.28. The molecule has 0 saturated carbocycles. The number of aromatic nitrogens is 2. The van der Waals surface area contributed by atoms with Crippen LogP contribution in [0.15, 0.2) is 22.7 Å². The van der Waals surface area contributed by atoms with Crippen LogP contribution in [0.25, 0.3) is 0 Å². The fourth-order valence-electron chi connectivity index (χ4n) is 2.57. The van der Waals surface area contributed by atoms with Crippen LogP contribution in [0.2, 0.25) is 0 Å². The Morgan fingerprint density at radius 2 is 2.45 bits per heavy atom. The van der Waals surface area contributed by atoms with E-state index in [1.807, 2.05) is 0 Å². The number of ether oxygens (including phenoxy) is 1. The van der Waals surface area contributed by atoms with E-state index in [0.717, 1.165) is 17.9 Å². The molecule has 2 aromatic heterocycles. The maximum atomic E-state index is 12.3. The Kier molecular flexibility index (Phi) is 4.26. The summed E-state index contributed by atoms with van der Waals surface area (Å²) in [5.74, 6) is 1.06. The lowest BCUT2D eigenvalue weighted by Crippen LogP contribution is -2.29. The lowest BCUT2D eigenvalue weighted by Gasteiger charge is -2.11. The molecular formula is C15H19N3O4. The molecule has 3 rings (SSSR count). The van der Waals surface area contributed by atoms with Gasteiger partial charge >= 0.3 is 0 Å². The van der Waals surface area contributed by atoms with Gasteiger partial charge in [-0.05, 0) is 25.5 Å². The number of nitrogens with zero attached hydrogens (tertiary/aromatic N) is 1. The maximum Gasteiger partial charge on any atom is 0.254 e. The second-order valence-electron chi connectivity index (χ2n) is 5.43. The van der Waals surface area contributed by atoms with Crippen molar-refractivity contribution in [1.82, 2.24) is 15.5 Å². The van der Waals surface area contributed by atoms with Gasteiger partial charge in [0.05, 0.1) is 30.6 Å². The average Bonchev–Trinajstić information content (AvgIpc) is 3.23. The maximum absolute atomic E-state index is 12.3. The number of H-pyrrole nitrogens is 1. The van der Waals surface area contributed by atoms with E-state index in [1.54, 1.807) is 19.1 Å². The lowest BCUT2D eigenvalue weighted by molar-refractivity contribution is 0.0899. The van der Waals surface area contributed by atoms with Gasteiger partial charge in [-0.25, -0.2) is 0 Å². The van der Waals surface area contributed by atoms with Crippen molar-refractivity contribution in [2.45, 2.75) is 25.4 Å². The molecule has 22 heavy (non-hydrogen) atoms. The molecule has 0 radical (unpaired) electrons. The first-order chi connectivity index (χ1) is 10.6. The molecule has 1 aliphatic rings. The highest BCUT2D eigenvalue weighted by atomic mass is 16.5. The summed E-state index contributed by atoms with van der Waals surface area (Å²) in [7, 11) is 0. The van der Waals surface area contributed by atoms with E-state index in [0.29, 0.717) is 24.5 Å². The summed E-state index contributed by atoms with van der Waals surface area (Å²) >= 11 is 0. The van der Waals surface area contributed by atoms with Crippen LogP contribution in [0.4, 0.5) is 0 Å². The SMILES string of the molecule is Cc1ccc([C@@H](O)CNC(=O)c2cn[nH]c2[C@@H]2CCOC2)o1. The molecule has 2 atom stereocenters. The smallest absolute Gasteiger partial charge is 0.254 e. The quantitative estimate of drug-likeness (QED) is 0.772. The molecule has 118 valence electrons. The van der Waals surface area contributed by atoms with Crippen LogP contribution in [0.3, 0.4) is 0 Å². The van der Waals surface area contributed by atoms with Crippen molar-refractivity contribution in [3.05, 3.63) is 41.1 Å². The number of aryl methyl sites for hydroxylation is 1. The number of carbonyl (C=O) groups excluding carboxylic acids is 1. The lowest BCUT2D eigenvalue weighted by atomic mass is 10.0. The summed E-state index contributed by atoms with van der Waals surface area (Å²) in [6, 6.07) is 3.47. The standard InChI is InChI=1S/C15H19N3O4/c1-9-2-3-13(22-9)12(19)7-16-15(20)11-6-17-18-14(11)10-4-5-21-8-10/h2-3,6,10,12,19H,4-5,7-8H2,1H3,(H,16,20)(H,17,18)/t10-,12+/m1/s1. The van der Waals surface area contributed by atoms with Crippen molar-refractivity contribution in [1.29, 1.82) is 0 Å². The van der Waals surface area contributed by atoms with Gasteiger partial charge in [-0.3, -0.25) is 9.89 Å². The molecular weight excluding hydrogens is 286 g/mol. The number of furan rings is 1. The van der Waals surface area contributed by atoms with Gasteiger partial charge < -0.3 is 19.6 Å². The largest absolute Gasteiger partial charge is 0.464 e. The summed E-state index contributed by atoms with van der Waals surface area (Å²) in [6.45, 7) is 3.17. The van der Waals surface area contributed by atoms with E-state index in [4.69, 9.17) is 9.15 Å². The molecule has 0 spiro atoms. The highest BCUT2D eigenvalue weighted by Gasteiger charge is 2.25. The molecule has 0 aromatic carbocycles. The predicted octanol–water partition coefficient (Wildman–Crippen LogP) is 1.28. The molecule has 3 heterocycles. The van der Waals surface area contributed by atoms with Crippen molar-refractivity contribution in [2.24, 2.45) is 0 Å². The number of nitrogens with one attached hydrogen (secondary N) is 2. The summed E-state index contributed by atoms with van der Waals surface area (Å²) in [4.78, 5) is 12.3. The Morgan fingerprint density at radius 1 is 1.59 bits per heavy atom. The summed E-state index contributed by atoms with van der Waals surface area (Å²) in [5, 5.41) is 19.5. The van der Waals surface area contributed by atoms with Crippen molar-refractivity contribution in [3.8, 4) is 0 Å². The van der Waals surface area contributed by atoms with E-state index in [2.05, 4.69) is 15.5 Å². The Hall–Kier alpha value is -2.12. The second-order valence-corrected chi connectivity index (χ2v) is 5.43. The number of aliphatic hydroxyl groups is 1. The van der Waals surface area contributed by atoms with Crippen molar-refractivity contribution in [3.63, 3.8) is 0 Å². The molecule has 0 bridgehead atoms. The Bertz CT molecular complexity index is 643. The van der Waals surface area contributed by atoms with Gasteiger partial charge in [-0.1, -0.05) is 0 Å². The number of aromatic amines is 1. The molecule has 1 aliphatic heterocycles. The number of aliphatic hydroxyl groups excluding tert-OH is 1. The first-order valence-corrected chi connectivity index (χ1v) is 7.28. The average molecular weight is 305 g/mol. The van der Waals surface area contributed by atoms with Gasteiger partial charge in [0.2, 0.25) is 0 Å². The summed E-state index contributed by atoms with van der Waals surface area (Å²) in [6.07, 6.45) is 1.51. The third kappa shape index (κ3) is 3.05. The van der Waals surface area contributed by atoms with Crippen LogP contribution in [0.1, 0.15) is 46.0 Å². The van der Waals surface area contributed by atoms with E-state index < -0.39 is 6.10 Å². The van der Waals surface area contributed by atoms with Crippen molar-refractivity contribution in [2.75, 3.05) is 19.8 Å². The van der Waals surface area contributed by atoms with Gasteiger partial charge in [0, 0.05) is 12.5 Å². The molecule has 0 aliphatic carbocycles. The minimum Gasteiger partial charge on any atom is -0.464 e. The topological polar surface area (TPSA) is 100 Å². The van der Waals surface area contributed by atoms with E-state index in [1.165, 1.54) is 6.20 Å². The second kappa shape index (κ2) is 6.33. The summed E-state index contributed by atoms with van der Waals surface area (Å²) < 4.78 is 10.7. The number of carbonyl (C=O) groups is 1. The molecule has 1 amide bonds. The first kappa shape index (κ1) is 14.8. The monoisotopic (exact) mass is 305 g/mol. The van der Waals surface area contributed by atoms with Gasteiger partial charge in [0.15, 0.2) is 0 Å². The van der Waals surface area contributed by atoms with E-state index in [9.17, 15) is 9.90 Å². The Morgan fingerprint density at radius 3 is 3.14 bits per heavy atom. The fraction of sp³-hybridized carbons (Fsp3) is 0.467.